The average Bonchev–Trinajstić information content (AvgIpc) is 2.33. The number of hydrogen-bond donors (Lipinski definition) is 0. The Morgan fingerprint density at radius 3 is 1.78 bits per heavy atom. The molecule has 2 saturated heterocycles. The summed E-state index contributed by atoms with van der Waals surface area (Å²) in [7, 11) is 0. The van der Waals surface area contributed by atoms with E-state index in [2.05, 4.69) is 27.7 Å². The van der Waals surface area contributed by atoms with Crippen molar-refractivity contribution in [3.8, 4) is 0 Å². The van der Waals surface area contributed by atoms with Gasteiger partial charge in [-0.15, -0.1) is 0 Å². The zero-order valence-electron chi connectivity index (χ0n) is 16.3. The first-order valence-corrected chi connectivity index (χ1v) is 9.11. The molecule has 2 aliphatic heterocycles. The fraction of sp³-hybridized carbons (Fsp3) is 1.00. The van der Waals surface area contributed by atoms with Gasteiger partial charge in [-0.05, 0) is 39.5 Å². The lowest BCUT2D eigenvalue weighted by Crippen LogP contribution is -2.51. The summed E-state index contributed by atoms with van der Waals surface area (Å²) >= 11 is 0. The van der Waals surface area contributed by atoms with Gasteiger partial charge in [-0.1, -0.05) is 27.7 Å². The first-order chi connectivity index (χ1) is 10.4. The molecule has 4 nitrogen and oxygen atoms in total. The topological polar surface area (TPSA) is 36.9 Å². The molecule has 2 aliphatic rings. The number of hydrogen-bond acceptors (Lipinski definition) is 4. The molecular weight excluding hydrogens is 292 g/mol. The molecule has 4 atom stereocenters. The molecule has 0 spiro atoms. The minimum atomic E-state index is -0.536. The van der Waals surface area contributed by atoms with Gasteiger partial charge in [0.1, 0.15) is 0 Å². The molecule has 0 amide bonds. The molecule has 136 valence electrons. The molecule has 2 rings (SSSR count). The normalized spacial score (nSPS) is 37.6. The highest BCUT2D eigenvalue weighted by atomic mass is 16.7. The van der Waals surface area contributed by atoms with Gasteiger partial charge in [0, 0.05) is 19.3 Å². The van der Waals surface area contributed by atoms with Gasteiger partial charge in [0.2, 0.25) is 0 Å². The Morgan fingerprint density at radius 1 is 0.783 bits per heavy atom. The van der Waals surface area contributed by atoms with Crippen molar-refractivity contribution in [2.24, 2.45) is 5.41 Å². The van der Waals surface area contributed by atoms with E-state index in [0.29, 0.717) is 0 Å². The molecule has 4 heteroatoms. The molecule has 23 heavy (non-hydrogen) atoms. The Balaban J connectivity index is 2.03. The maximum atomic E-state index is 6.20. The Morgan fingerprint density at radius 2 is 1.26 bits per heavy atom. The smallest absolute Gasteiger partial charge is 0.163 e. The SMILES string of the molecule is CC[C@@H]1C[C@@H](C[C@H]2C[C@H](C(C)(C)C)OC(C)(C)O2)OC(C)(C)O1. The minimum absolute atomic E-state index is 0.112. The minimum Gasteiger partial charge on any atom is -0.347 e. The van der Waals surface area contributed by atoms with Crippen molar-refractivity contribution < 1.29 is 18.9 Å². The molecule has 0 N–H and O–H groups in total. The lowest BCUT2D eigenvalue weighted by Gasteiger charge is -2.47. The summed E-state index contributed by atoms with van der Waals surface area (Å²) in [4.78, 5) is 0. The van der Waals surface area contributed by atoms with Gasteiger partial charge < -0.3 is 18.9 Å². The largest absolute Gasteiger partial charge is 0.347 e. The van der Waals surface area contributed by atoms with Gasteiger partial charge in [0.15, 0.2) is 11.6 Å². The monoisotopic (exact) mass is 328 g/mol. The van der Waals surface area contributed by atoms with Crippen molar-refractivity contribution in [1.29, 1.82) is 0 Å². The van der Waals surface area contributed by atoms with Gasteiger partial charge in [-0.3, -0.25) is 0 Å². The van der Waals surface area contributed by atoms with Crippen molar-refractivity contribution in [1.82, 2.24) is 0 Å². The van der Waals surface area contributed by atoms with E-state index in [-0.39, 0.29) is 29.8 Å². The summed E-state index contributed by atoms with van der Waals surface area (Å²) in [5.74, 6) is -1.04. The van der Waals surface area contributed by atoms with Crippen LogP contribution >= 0.6 is 0 Å². The molecule has 0 aromatic rings. The second-order valence-corrected chi connectivity index (χ2v) is 9.11. The fourth-order valence-electron chi connectivity index (χ4n) is 3.69. The van der Waals surface area contributed by atoms with Crippen LogP contribution in [0.25, 0.3) is 0 Å². The van der Waals surface area contributed by atoms with Gasteiger partial charge in [-0.25, -0.2) is 0 Å². The molecule has 0 saturated carbocycles. The third kappa shape index (κ3) is 5.42. The summed E-state index contributed by atoms with van der Waals surface area (Å²) in [6.07, 6.45) is 4.62. The second kappa shape index (κ2) is 6.62. The number of ether oxygens (including phenoxy) is 4. The van der Waals surface area contributed by atoms with Gasteiger partial charge in [0.25, 0.3) is 0 Å². The van der Waals surface area contributed by atoms with E-state index < -0.39 is 11.6 Å². The first-order valence-electron chi connectivity index (χ1n) is 9.11. The molecule has 0 radical (unpaired) electrons. The van der Waals surface area contributed by atoms with E-state index in [1.807, 2.05) is 27.7 Å². The lowest BCUT2D eigenvalue weighted by atomic mass is 9.83. The molecule has 0 unspecified atom stereocenters. The van der Waals surface area contributed by atoms with Crippen molar-refractivity contribution in [2.45, 2.75) is 117 Å². The van der Waals surface area contributed by atoms with Crippen molar-refractivity contribution in [3.05, 3.63) is 0 Å². The van der Waals surface area contributed by atoms with Crippen LogP contribution in [0.2, 0.25) is 0 Å². The Kier molecular flexibility index (Phi) is 5.52. The molecule has 0 bridgehead atoms. The van der Waals surface area contributed by atoms with E-state index >= 15 is 0 Å². The van der Waals surface area contributed by atoms with E-state index in [1.54, 1.807) is 0 Å². The predicted octanol–water partition coefficient (Wildman–Crippen LogP) is 4.65. The lowest BCUT2D eigenvalue weighted by molar-refractivity contribution is -0.333. The van der Waals surface area contributed by atoms with Crippen LogP contribution in [0.15, 0.2) is 0 Å². The second-order valence-electron chi connectivity index (χ2n) is 9.11. The number of rotatable bonds is 3. The zero-order valence-corrected chi connectivity index (χ0v) is 16.3. The van der Waals surface area contributed by atoms with Gasteiger partial charge in [-0.2, -0.15) is 0 Å². The van der Waals surface area contributed by atoms with Crippen LogP contribution in [0.3, 0.4) is 0 Å². The van der Waals surface area contributed by atoms with Crippen LogP contribution in [0, 0.1) is 5.41 Å². The summed E-state index contributed by atoms with van der Waals surface area (Å²) in [5, 5.41) is 0. The van der Waals surface area contributed by atoms with Crippen LogP contribution < -0.4 is 0 Å². The highest BCUT2D eigenvalue weighted by molar-refractivity contribution is 4.87. The van der Waals surface area contributed by atoms with E-state index in [0.717, 1.165) is 25.7 Å². The Labute approximate surface area is 142 Å². The highest BCUT2D eigenvalue weighted by Gasteiger charge is 2.43. The van der Waals surface area contributed by atoms with Gasteiger partial charge >= 0.3 is 0 Å². The van der Waals surface area contributed by atoms with Crippen LogP contribution in [0.1, 0.15) is 81.1 Å². The first kappa shape index (κ1) is 19.2. The molecule has 0 aromatic carbocycles. The predicted molar refractivity (Wildman–Crippen MR) is 91.2 cm³/mol. The van der Waals surface area contributed by atoms with Crippen molar-refractivity contribution >= 4 is 0 Å². The third-order valence-electron chi connectivity index (χ3n) is 4.73. The quantitative estimate of drug-likeness (QED) is 0.755. The van der Waals surface area contributed by atoms with Crippen molar-refractivity contribution in [3.63, 3.8) is 0 Å². The maximum absolute atomic E-state index is 6.20. The fourth-order valence-corrected chi connectivity index (χ4v) is 3.69. The van der Waals surface area contributed by atoms with E-state index in [9.17, 15) is 0 Å². The third-order valence-corrected chi connectivity index (χ3v) is 4.73. The summed E-state index contributed by atoms with van der Waals surface area (Å²) in [6, 6.07) is 0. The van der Waals surface area contributed by atoms with Crippen LogP contribution in [-0.4, -0.2) is 36.0 Å². The summed E-state index contributed by atoms with van der Waals surface area (Å²) in [5.41, 5.74) is 0.112. The van der Waals surface area contributed by atoms with Crippen LogP contribution in [0.4, 0.5) is 0 Å². The van der Waals surface area contributed by atoms with Crippen LogP contribution in [-0.2, 0) is 18.9 Å². The molecular formula is C19H36O4. The van der Waals surface area contributed by atoms with E-state index in [1.165, 1.54) is 0 Å². The Hall–Kier alpha value is -0.160. The van der Waals surface area contributed by atoms with E-state index in [4.69, 9.17) is 18.9 Å². The van der Waals surface area contributed by atoms with Crippen LogP contribution in [0.5, 0.6) is 0 Å². The molecule has 0 aromatic heterocycles. The summed E-state index contributed by atoms with van der Waals surface area (Å²) in [6.45, 7) is 16.9. The average molecular weight is 328 g/mol. The maximum Gasteiger partial charge on any atom is 0.163 e. The van der Waals surface area contributed by atoms with Crippen molar-refractivity contribution in [2.75, 3.05) is 0 Å². The highest BCUT2D eigenvalue weighted by Crippen LogP contribution is 2.39. The summed E-state index contributed by atoms with van der Waals surface area (Å²) < 4.78 is 24.5. The van der Waals surface area contributed by atoms with Gasteiger partial charge in [0.05, 0.1) is 24.4 Å². The zero-order chi connectivity index (χ0) is 17.5. The standard InChI is InChI=1S/C19H36O4/c1-9-13-10-14(21-18(5,6)20-13)11-15-12-16(17(2,3)4)23-19(7,8)22-15/h13-16H,9-12H2,1-8H3/t13-,14+,15+,16-/m1/s1. The molecule has 2 fully saturated rings. The molecule has 0 aliphatic carbocycles. The molecule has 2 heterocycles. The Bertz CT molecular complexity index is 397.